The summed E-state index contributed by atoms with van der Waals surface area (Å²) in [6.45, 7) is 0.667. The molecule has 1 saturated heterocycles. The van der Waals surface area contributed by atoms with E-state index < -0.39 is 30.2 Å². The molecule has 0 bridgehead atoms. The molecule has 0 saturated carbocycles. The Morgan fingerprint density at radius 1 is 0.872 bits per heavy atom. The second-order valence-corrected chi connectivity index (χ2v) is 9.97. The van der Waals surface area contributed by atoms with Gasteiger partial charge in [0.15, 0.2) is 0 Å². The largest absolute Gasteiger partial charge is 0.481 e. The molecule has 1 aliphatic carbocycles. The van der Waals surface area contributed by atoms with E-state index in [0.29, 0.717) is 13.0 Å². The van der Waals surface area contributed by atoms with Crippen molar-refractivity contribution in [3.8, 4) is 11.1 Å². The molecule has 2 amide bonds. The van der Waals surface area contributed by atoms with Gasteiger partial charge in [-0.3, -0.25) is 4.79 Å². The molecule has 1 aliphatic heterocycles. The van der Waals surface area contributed by atoms with Gasteiger partial charge in [-0.15, -0.1) is 0 Å². The number of carboxylic acid groups (broad SMARTS) is 1. The van der Waals surface area contributed by atoms with E-state index >= 15 is 0 Å². The molecule has 8 heteroatoms. The molecule has 8 nitrogen and oxygen atoms in total. The minimum atomic E-state index is -1.07. The maximum Gasteiger partial charge on any atom is 0.410 e. The zero-order chi connectivity index (χ0) is 27.2. The molecule has 0 radical (unpaired) electrons. The summed E-state index contributed by atoms with van der Waals surface area (Å²) in [6, 6.07) is 24.1. The predicted molar refractivity (Wildman–Crippen MR) is 145 cm³/mol. The number of benzene rings is 3. The Morgan fingerprint density at radius 2 is 1.51 bits per heavy atom. The Bertz CT molecular complexity index is 1280. The number of hydrogen-bond acceptors (Lipinski definition) is 5. The van der Waals surface area contributed by atoms with Gasteiger partial charge in [-0.1, -0.05) is 78.9 Å². The van der Waals surface area contributed by atoms with Gasteiger partial charge in [0.05, 0.1) is 18.5 Å². The van der Waals surface area contributed by atoms with E-state index in [-0.39, 0.29) is 25.6 Å². The topological polar surface area (TPSA) is 105 Å². The van der Waals surface area contributed by atoms with E-state index in [4.69, 9.17) is 9.47 Å². The zero-order valence-corrected chi connectivity index (χ0v) is 21.6. The van der Waals surface area contributed by atoms with Crippen LogP contribution in [0.15, 0.2) is 78.9 Å². The smallest absolute Gasteiger partial charge is 0.410 e. The van der Waals surface area contributed by atoms with Crippen molar-refractivity contribution in [2.24, 2.45) is 0 Å². The van der Waals surface area contributed by atoms with Crippen molar-refractivity contribution < 1.29 is 29.0 Å². The average Bonchev–Trinajstić information content (AvgIpc) is 3.28. The number of fused-ring (bicyclic) bond motifs is 3. The fourth-order valence-corrected chi connectivity index (χ4v) is 5.67. The lowest BCUT2D eigenvalue weighted by Gasteiger charge is -2.39. The lowest BCUT2D eigenvalue weighted by atomic mass is 9.94. The number of hydrogen-bond donors (Lipinski definition) is 2. The molecule has 2 N–H and O–H groups in total. The highest BCUT2D eigenvalue weighted by Crippen LogP contribution is 2.44. The molecule has 39 heavy (non-hydrogen) atoms. The zero-order valence-electron chi connectivity index (χ0n) is 21.6. The number of ether oxygens (including phenoxy) is 2. The molecule has 0 unspecified atom stereocenters. The number of nitrogens with one attached hydrogen (secondary N) is 1. The van der Waals surface area contributed by atoms with Gasteiger partial charge in [-0.05, 0) is 47.1 Å². The van der Waals surface area contributed by atoms with Gasteiger partial charge in [0.2, 0.25) is 0 Å². The van der Waals surface area contributed by atoms with Crippen molar-refractivity contribution in [2.45, 2.75) is 50.3 Å². The van der Waals surface area contributed by atoms with Gasteiger partial charge in [0.25, 0.3) is 0 Å². The molecular formula is C31H32N2O6. The number of carboxylic acids is 1. The van der Waals surface area contributed by atoms with Gasteiger partial charge < -0.3 is 24.8 Å². The molecule has 2 atom stereocenters. The fraction of sp³-hybridized carbons (Fsp3) is 0.323. The third-order valence-electron chi connectivity index (χ3n) is 7.49. The van der Waals surface area contributed by atoms with Crippen LogP contribution in [0.1, 0.15) is 48.3 Å². The van der Waals surface area contributed by atoms with Crippen LogP contribution in [-0.4, -0.2) is 53.4 Å². The summed E-state index contributed by atoms with van der Waals surface area (Å²) in [4.78, 5) is 39.3. The third-order valence-corrected chi connectivity index (χ3v) is 7.49. The predicted octanol–water partition coefficient (Wildman–Crippen LogP) is 5.56. The normalized spacial score (nSPS) is 17.0. The van der Waals surface area contributed by atoms with Crippen LogP contribution in [0.4, 0.5) is 9.59 Å². The standard InChI is InChI=1S/C31H32N2O6/c34-29(35)18-27(28-16-8-9-17-33(28)31(37)39-19-21-10-2-1-3-11-21)32-30(36)38-20-26-24-14-6-4-12-22(24)23-13-5-7-15-25(23)26/h1-7,10-15,26-28H,8-9,16-20H2,(H,32,36)(H,34,35)/t27-,28+/m0/s1. The molecule has 2 aliphatic rings. The lowest BCUT2D eigenvalue weighted by molar-refractivity contribution is -0.138. The summed E-state index contributed by atoms with van der Waals surface area (Å²) < 4.78 is 11.2. The van der Waals surface area contributed by atoms with Gasteiger partial charge in [0, 0.05) is 12.5 Å². The van der Waals surface area contributed by atoms with Crippen molar-refractivity contribution in [3.63, 3.8) is 0 Å². The number of amides is 2. The van der Waals surface area contributed by atoms with E-state index in [1.54, 1.807) is 4.90 Å². The van der Waals surface area contributed by atoms with Crippen LogP contribution in [0.2, 0.25) is 0 Å². The number of likely N-dealkylation sites (tertiary alicyclic amines) is 1. The van der Waals surface area contributed by atoms with Crippen LogP contribution in [0.3, 0.4) is 0 Å². The number of rotatable bonds is 8. The van der Waals surface area contributed by atoms with Gasteiger partial charge in [-0.25, -0.2) is 9.59 Å². The molecule has 202 valence electrons. The van der Waals surface area contributed by atoms with Crippen LogP contribution < -0.4 is 5.32 Å². The van der Waals surface area contributed by atoms with Crippen LogP contribution in [0.25, 0.3) is 11.1 Å². The van der Waals surface area contributed by atoms with E-state index in [0.717, 1.165) is 40.7 Å². The summed E-state index contributed by atoms with van der Waals surface area (Å²) in [5.74, 6) is -1.18. The SMILES string of the molecule is O=C(O)C[C@H](NC(=O)OCC1c2ccccc2-c2ccccc21)[C@H]1CCCCN1C(=O)OCc1ccccc1. The van der Waals surface area contributed by atoms with Crippen LogP contribution >= 0.6 is 0 Å². The summed E-state index contributed by atoms with van der Waals surface area (Å²) in [7, 11) is 0. The highest BCUT2D eigenvalue weighted by atomic mass is 16.6. The lowest BCUT2D eigenvalue weighted by Crippen LogP contribution is -2.56. The third kappa shape index (κ3) is 6.06. The molecule has 5 rings (SSSR count). The van der Waals surface area contributed by atoms with Gasteiger partial charge >= 0.3 is 18.2 Å². The van der Waals surface area contributed by atoms with Crippen molar-refractivity contribution in [1.29, 1.82) is 0 Å². The number of carbonyl (C=O) groups is 3. The molecule has 3 aromatic carbocycles. The van der Waals surface area contributed by atoms with Crippen molar-refractivity contribution >= 4 is 18.2 Å². The first-order chi connectivity index (χ1) is 19.0. The van der Waals surface area contributed by atoms with Crippen LogP contribution in [0.5, 0.6) is 0 Å². The summed E-state index contributed by atoms with van der Waals surface area (Å²) in [5.41, 5.74) is 5.29. The molecule has 0 spiro atoms. The molecule has 3 aromatic rings. The second-order valence-electron chi connectivity index (χ2n) is 9.97. The Balaban J connectivity index is 1.25. The van der Waals surface area contributed by atoms with E-state index in [1.807, 2.05) is 66.7 Å². The van der Waals surface area contributed by atoms with Crippen LogP contribution in [-0.2, 0) is 20.9 Å². The minimum Gasteiger partial charge on any atom is -0.481 e. The molecular weight excluding hydrogens is 496 g/mol. The maximum absolute atomic E-state index is 13.0. The Morgan fingerprint density at radius 3 is 2.18 bits per heavy atom. The van der Waals surface area contributed by atoms with E-state index in [9.17, 15) is 19.5 Å². The number of nitrogens with zero attached hydrogens (tertiary/aromatic N) is 1. The Labute approximate surface area is 227 Å². The van der Waals surface area contributed by atoms with E-state index in [2.05, 4.69) is 17.4 Å². The second kappa shape index (κ2) is 12.0. The molecule has 1 fully saturated rings. The maximum atomic E-state index is 13.0. The summed E-state index contributed by atoms with van der Waals surface area (Å²) in [6.07, 6.45) is 0.594. The first-order valence-electron chi connectivity index (χ1n) is 13.3. The monoisotopic (exact) mass is 528 g/mol. The Kier molecular flexibility index (Phi) is 8.10. The highest BCUT2D eigenvalue weighted by molar-refractivity contribution is 5.79. The first kappa shape index (κ1) is 26.3. The average molecular weight is 529 g/mol. The summed E-state index contributed by atoms with van der Waals surface area (Å²) in [5, 5.41) is 12.4. The van der Waals surface area contributed by atoms with E-state index in [1.165, 1.54) is 0 Å². The number of piperidine rings is 1. The Hall–Kier alpha value is -4.33. The fourth-order valence-electron chi connectivity index (χ4n) is 5.67. The highest BCUT2D eigenvalue weighted by Gasteiger charge is 2.37. The molecule has 0 aromatic heterocycles. The number of aliphatic carboxylic acids is 1. The van der Waals surface area contributed by atoms with Gasteiger partial charge in [0.1, 0.15) is 13.2 Å². The number of alkyl carbamates (subject to hydrolysis) is 1. The van der Waals surface area contributed by atoms with Crippen molar-refractivity contribution in [3.05, 3.63) is 95.6 Å². The minimum absolute atomic E-state index is 0.111. The van der Waals surface area contributed by atoms with Crippen LogP contribution in [0, 0.1) is 0 Å². The van der Waals surface area contributed by atoms with Crippen molar-refractivity contribution in [2.75, 3.05) is 13.2 Å². The molecule has 1 heterocycles. The first-order valence-corrected chi connectivity index (χ1v) is 13.3. The number of carbonyl (C=O) groups excluding carboxylic acids is 2. The quantitative estimate of drug-likeness (QED) is 0.397. The van der Waals surface area contributed by atoms with Gasteiger partial charge in [-0.2, -0.15) is 0 Å². The summed E-state index contributed by atoms with van der Waals surface area (Å²) >= 11 is 0. The van der Waals surface area contributed by atoms with Crippen molar-refractivity contribution in [1.82, 2.24) is 10.2 Å².